The summed E-state index contributed by atoms with van der Waals surface area (Å²) in [6, 6.07) is 2.39. The van der Waals surface area contributed by atoms with Crippen molar-refractivity contribution in [3.63, 3.8) is 0 Å². The Morgan fingerprint density at radius 2 is 1.66 bits per heavy atom. The van der Waals surface area contributed by atoms with Crippen LogP contribution >= 0.6 is 0 Å². The number of nitrogens with one attached hydrogen (secondary N) is 2. The van der Waals surface area contributed by atoms with Crippen molar-refractivity contribution in [2.45, 2.75) is 88.5 Å². The van der Waals surface area contributed by atoms with Crippen LogP contribution in [-0.2, 0) is 35.7 Å². The predicted molar refractivity (Wildman–Crippen MR) is 118 cm³/mol. The summed E-state index contributed by atoms with van der Waals surface area (Å²) in [5.74, 6) is 0. The Labute approximate surface area is 176 Å². The number of piperidine rings is 1. The molecule has 0 saturated carbocycles. The predicted octanol–water partition coefficient (Wildman–Crippen LogP) is 3.62. The minimum absolute atomic E-state index is 0. The van der Waals surface area contributed by atoms with Gasteiger partial charge in [0.1, 0.15) is 0 Å². The first-order valence-electron chi connectivity index (χ1n) is 11.2. The molecule has 6 nitrogen and oxygen atoms in total. The van der Waals surface area contributed by atoms with Gasteiger partial charge in [0.25, 0.3) is 0 Å². The lowest BCUT2D eigenvalue weighted by atomic mass is 9.99. The van der Waals surface area contributed by atoms with Crippen molar-refractivity contribution in [2.24, 2.45) is 0 Å². The molecule has 2 heterocycles. The number of benzene rings is 1. The maximum absolute atomic E-state index is 13.0. The van der Waals surface area contributed by atoms with Gasteiger partial charge in [-0.05, 0) is 93.0 Å². The monoisotopic (exact) mass is 421 g/mol. The summed E-state index contributed by atoms with van der Waals surface area (Å²) in [7, 11) is -3.68. The standard InChI is InChI=1S/C22H31N3O3S.2H2/c1-2-25-16-9-10-17(25)13-18(12-16)29(27,28)24-22(26)23-21-19-7-3-5-14(19)11-15-6-4-8-20(15)21;;/h11,16-18H,2-10,12-13H2,1H3,(H2,23,24,26);2*1H/t16-,17+,18?;;. The van der Waals surface area contributed by atoms with Gasteiger partial charge in [-0.3, -0.25) is 4.90 Å². The highest BCUT2D eigenvalue weighted by Crippen LogP contribution is 2.39. The van der Waals surface area contributed by atoms with Crippen LogP contribution in [0.4, 0.5) is 10.5 Å². The Bertz CT molecular complexity index is 908. The highest BCUT2D eigenvalue weighted by atomic mass is 32.2. The Hall–Kier alpha value is -1.60. The van der Waals surface area contributed by atoms with Crippen LogP contribution in [0.25, 0.3) is 0 Å². The summed E-state index contributed by atoms with van der Waals surface area (Å²) in [5.41, 5.74) is 5.97. The van der Waals surface area contributed by atoms with E-state index in [-0.39, 0.29) is 2.85 Å². The molecule has 2 aliphatic carbocycles. The number of nitrogens with zero attached hydrogens (tertiary/aromatic N) is 1. The van der Waals surface area contributed by atoms with E-state index in [9.17, 15) is 13.2 Å². The van der Waals surface area contributed by atoms with Crippen molar-refractivity contribution in [3.05, 3.63) is 28.3 Å². The average molecular weight is 422 g/mol. The zero-order chi connectivity index (χ0) is 20.2. The lowest BCUT2D eigenvalue weighted by Gasteiger charge is -2.37. The number of anilines is 1. The Morgan fingerprint density at radius 1 is 1.07 bits per heavy atom. The summed E-state index contributed by atoms with van der Waals surface area (Å²) in [4.78, 5) is 15.2. The molecule has 2 fully saturated rings. The van der Waals surface area contributed by atoms with Gasteiger partial charge in [0.15, 0.2) is 0 Å². The third-order valence-electron chi connectivity index (χ3n) is 7.59. The van der Waals surface area contributed by atoms with Crippen LogP contribution in [-0.4, -0.2) is 43.2 Å². The van der Waals surface area contributed by atoms with Gasteiger partial charge in [-0.1, -0.05) is 13.0 Å². The molecule has 2 N–H and O–H groups in total. The van der Waals surface area contributed by atoms with Gasteiger partial charge >= 0.3 is 6.03 Å². The van der Waals surface area contributed by atoms with E-state index in [0.29, 0.717) is 24.9 Å². The van der Waals surface area contributed by atoms with Gasteiger partial charge in [-0.15, -0.1) is 0 Å². The number of urea groups is 1. The lowest BCUT2D eigenvalue weighted by Crippen LogP contribution is -2.50. The van der Waals surface area contributed by atoms with Crippen LogP contribution in [0.3, 0.4) is 0 Å². The minimum atomic E-state index is -3.68. The molecular formula is C22H35N3O3S. The SMILES string of the molecule is CCN1[C@@H]2CC[C@H]1CC(S(=O)(=O)NC(=O)Nc1c3c(cc4c1CCC4)CCC3)C2.[HH].[HH]. The summed E-state index contributed by atoms with van der Waals surface area (Å²) in [5, 5.41) is 2.48. The number of carbonyl (C=O) groups is 1. The average Bonchev–Trinajstić information content (AvgIpc) is 3.38. The number of sulfonamides is 1. The first-order valence-corrected chi connectivity index (χ1v) is 12.8. The van der Waals surface area contributed by atoms with E-state index in [0.717, 1.165) is 63.6 Å². The Balaban J connectivity index is 0.00000136. The zero-order valence-electron chi connectivity index (χ0n) is 17.2. The quantitative estimate of drug-likeness (QED) is 0.778. The number of carbonyl (C=O) groups excluding carboxylic acids is 1. The summed E-state index contributed by atoms with van der Waals surface area (Å²) in [6.45, 7) is 3.11. The number of hydrogen-bond acceptors (Lipinski definition) is 4. The number of aryl methyl sites for hydroxylation is 2. The molecule has 2 saturated heterocycles. The van der Waals surface area contributed by atoms with E-state index in [1.807, 2.05) is 0 Å². The molecule has 0 radical (unpaired) electrons. The molecule has 2 amide bonds. The molecule has 2 aliphatic heterocycles. The van der Waals surface area contributed by atoms with Crippen LogP contribution < -0.4 is 10.0 Å². The Kier molecular flexibility index (Phi) is 4.86. The van der Waals surface area contributed by atoms with Gasteiger partial charge in [0.2, 0.25) is 10.0 Å². The van der Waals surface area contributed by atoms with Gasteiger partial charge in [0.05, 0.1) is 5.25 Å². The fourth-order valence-corrected chi connectivity index (χ4v) is 7.74. The van der Waals surface area contributed by atoms with Crippen molar-refractivity contribution in [1.82, 2.24) is 9.62 Å². The largest absolute Gasteiger partial charge is 0.332 e. The minimum Gasteiger partial charge on any atom is -0.307 e. The topological polar surface area (TPSA) is 78.5 Å². The summed E-state index contributed by atoms with van der Waals surface area (Å²) in [6.07, 6.45) is 9.63. The van der Waals surface area contributed by atoms with Crippen LogP contribution in [0.5, 0.6) is 0 Å². The first kappa shape index (κ1) is 19.4. The fourth-order valence-electron chi connectivity index (χ4n) is 6.31. The molecule has 3 atom stereocenters. The van der Waals surface area contributed by atoms with Crippen LogP contribution in [0.15, 0.2) is 6.07 Å². The van der Waals surface area contributed by atoms with E-state index >= 15 is 0 Å². The highest BCUT2D eigenvalue weighted by Gasteiger charge is 2.44. The molecule has 0 spiro atoms. The van der Waals surface area contributed by atoms with Crippen molar-refractivity contribution < 1.29 is 16.1 Å². The summed E-state index contributed by atoms with van der Waals surface area (Å²) < 4.78 is 28.3. The fraction of sp³-hybridized carbons (Fsp3) is 0.682. The molecule has 2 bridgehead atoms. The second-order valence-corrected chi connectivity index (χ2v) is 11.1. The van der Waals surface area contributed by atoms with E-state index in [1.165, 1.54) is 22.3 Å². The summed E-state index contributed by atoms with van der Waals surface area (Å²) >= 11 is 0. The van der Waals surface area contributed by atoms with Crippen LogP contribution in [0.1, 0.15) is 70.6 Å². The van der Waals surface area contributed by atoms with Crippen molar-refractivity contribution >= 4 is 21.7 Å². The van der Waals surface area contributed by atoms with Gasteiger partial charge in [0, 0.05) is 20.6 Å². The van der Waals surface area contributed by atoms with Crippen LogP contribution in [0, 0.1) is 0 Å². The molecule has 1 aromatic rings. The number of fused-ring (bicyclic) bond motifs is 4. The highest BCUT2D eigenvalue weighted by molar-refractivity contribution is 7.90. The number of hydrogen-bond donors (Lipinski definition) is 2. The zero-order valence-corrected chi connectivity index (χ0v) is 18.0. The second kappa shape index (κ2) is 7.27. The molecule has 29 heavy (non-hydrogen) atoms. The van der Waals surface area contributed by atoms with Crippen LogP contribution in [0.2, 0.25) is 0 Å². The molecule has 4 aliphatic rings. The first-order chi connectivity index (χ1) is 14.0. The maximum Gasteiger partial charge on any atom is 0.332 e. The van der Waals surface area contributed by atoms with Crippen molar-refractivity contribution in [3.8, 4) is 0 Å². The molecule has 7 heteroatoms. The van der Waals surface area contributed by atoms with Gasteiger partial charge in [-0.2, -0.15) is 0 Å². The smallest absolute Gasteiger partial charge is 0.307 e. The van der Waals surface area contributed by atoms with Crippen molar-refractivity contribution in [2.75, 3.05) is 11.9 Å². The lowest BCUT2D eigenvalue weighted by molar-refractivity contribution is 0.150. The molecule has 5 rings (SSSR count). The normalized spacial score (nSPS) is 28.2. The van der Waals surface area contributed by atoms with E-state index < -0.39 is 21.3 Å². The Morgan fingerprint density at radius 3 is 2.21 bits per heavy atom. The third-order valence-corrected chi connectivity index (χ3v) is 9.32. The second-order valence-electron chi connectivity index (χ2n) is 9.14. The van der Waals surface area contributed by atoms with Crippen molar-refractivity contribution in [1.29, 1.82) is 0 Å². The maximum atomic E-state index is 13.0. The molecule has 162 valence electrons. The molecule has 0 aromatic heterocycles. The third kappa shape index (κ3) is 3.36. The number of rotatable bonds is 4. The van der Waals surface area contributed by atoms with Gasteiger partial charge in [-0.25, -0.2) is 17.9 Å². The van der Waals surface area contributed by atoms with E-state index in [4.69, 9.17) is 0 Å². The van der Waals surface area contributed by atoms with Gasteiger partial charge < -0.3 is 5.32 Å². The van der Waals surface area contributed by atoms with E-state index in [1.54, 1.807) is 0 Å². The molecule has 1 aromatic carbocycles. The van der Waals surface area contributed by atoms with E-state index in [2.05, 4.69) is 27.9 Å². The molecule has 1 unspecified atom stereocenters. The molecular weight excluding hydrogens is 386 g/mol. The number of amides is 2.